The number of hydrogen-bond donors (Lipinski definition) is 0. The molecule has 0 fully saturated rings. The Morgan fingerprint density at radius 3 is 2.10 bits per heavy atom. The van der Waals surface area contributed by atoms with Gasteiger partial charge in [0.1, 0.15) is 0 Å². The molecule has 0 saturated carbocycles. The smallest absolute Gasteiger partial charge is 0.258 e. The fourth-order valence-corrected chi connectivity index (χ4v) is 3.30. The molecule has 0 bridgehead atoms. The monoisotopic (exact) mass is 302 g/mol. The number of nitro benzene ring substituents is 1. The van der Waals surface area contributed by atoms with E-state index in [9.17, 15) is 23.8 Å². The van der Waals surface area contributed by atoms with Crippen LogP contribution in [0.15, 0.2) is 59.5 Å². The average molecular weight is 302 g/mol. The molecule has 0 amide bonds. The zero-order chi connectivity index (χ0) is 15.5. The van der Waals surface area contributed by atoms with E-state index in [1.165, 1.54) is 36.4 Å². The van der Waals surface area contributed by atoms with Crippen molar-refractivity contribution in [2.75, 3.05) is 0 Å². The molecule has 7 heteroatoms. The van der Waals surface area contributed by atoms with Gasteiger partial charge in [0.15, 0.2) is 15.1 Å². The first-order valence-electron chi connectivity index (χ1n) is 5.89. The molecular weight excluding hydrogens is 292 g/mol. The predicted molar refractivity (Wildman–Crippen MR) is 75.1 cm³/mol. The maximum absolute atomic E-state index is 12.4. The molecule has 0 aliphatic heterocycles. The number of nitrogens with zero attached hydrogens (tertiary/aromatic N) is 2. The molecule has 106 valence electrons. The third-order valence-corrected chi connectivity index (χ3v) is 4.83. The van der Waals surface area contributed by atoms with Crippen LogP contribution in [0, 0.1) is 21.4 Å². The van der Waals surface area contributed by atoms with Crippen molar-refractivity contribution < 1.29 is 13.3 Å². The lowest BCUT2D eigenvalue weighted by Crippen LogP contribution is -2.12. The van der Waals surface area contributed by atoms with Crippen molar-refractivity contribution in [1.29, 1.82) is 5.26 Å². The Morgan fingerprint density at radius 1 is 1.05 bits per heavy atom. The summed E-state index contributed by atoms with van der Waals surface area (Å²) in [5, 5.41) is 18.4. The van der Waals surface area contributed by atoms with Crippen LogP contribution < -0.4 is 0 Å². The Kier molecular flexibility index (Phi) is 4.00. The summed E-state index contributed by atoms with van der Waals surface area (Å²) < 4.78 is 24.9. The van der Waals surface area contributed by atoms with Gasteiger partial charge in [-0.25, -0.2) is 8.42 Å². The Morgan fingerprint density at radius 2 is 1.62 bits per heavy atom. The molecule has 6 nitrogen and oxygen atoms in total. The lowest BCUT2D eigenvalue weighted by Gasteiger charge is -2.11. The summed E-state index contributed by atoms with van der Waals surface area (Å²) in [6, 6.07) is 14.3. The maximum Gasteiger partial charge on any atom is 0.269 e. The summed E-state index contributed by atoms with van der Waals surface area (Å²) >= 11 is 0. The molecule has 0 radical (unpaired) electrons. The van der Waals surface area contributed by atoms with Crippen molar-refractivity contribution in [3.8, 4) is 6.07 Å². The first kappa shape index (κ1) is 14.7. The number of benzene rings is 2. The summed E-state index contributed by atoms with van der Waals surface area (Å²) in [5.74, 6) is 0. The molecule has 2 aromatic rings. The minimum absolute atomic E-state index is 0.0369. The highest BCUT2D eigenvalue weighted by Gasteiger charge is 2.29. The summed E-state index contributed by atoms with van der Waals surface area (Å²) in [5.41, 5.74) is 0.0412. The summed E-state index contributed by atoms with van der Waals surface area (Å²) in [7, 11) is -3.87. The molecule has 2 rings (SSSR count). The van der Waals surface area contributed by atoms with Gasteiger partial charge < -0.3 is 0 Å². The molecule has 0 heterocycles. The number of sulfone groups is 1. The van der Waals surface area contributed by atoms with Crippen LogP contribution in [0.5, 0.6) is 0 Å². The second kappa shape index (κ2) is 5.73. The molecule has 0 spiro atoms. The SMILES string of the molecule is N#CC(c1ccc([N+](=O)[O-])cc1)S(=O)(=O)c1ccccc1. The zero-order valence-corrected chi connectivity index (χ0v) is 11.5. The van der Waals surface area contributed by atoms with Crippen LogP contribution in [0.1, 0.15) is 10.8 Å². The largest absolute Gasteiger partial charge is 0.269 e. The Bertz CT molecular complexity index is 793. The highest BCUT2D eigenvalue weighted by Crippen LogP contribution is 2.29. The molecule has 0 aliphatic rings. The normalized spacial score (nSPS) is 12.3. The molecule has 0 N–H and O–H groups in total. The predicted octanol–water partition coefficient (Wildman–Crippen LogP) is 2.63. The summed E-state index contributed by atoms with van der Waals surface area (Å²) in [4.78, 5) is 10.0. The van der Waals surface area contributed by atoms with Gasteiger partial charge in [-0.15, -0.1) is 0 Å². The highest BCUT2D eigenvalue weighted by atomic mass is 32.2. The quantitative estimate of drug-likeness (QED) is 0.638. The van der Waals surface area contributed by atoms with Crippen molar-refractivity contribution in [3.05, 3.63) is 70.3 Å². The van der Waals surface area contributed by atoms with Gasteiger partial charge >= 0.3 is 0 Å². The van der Waals surface area contributed by atoms with E-state index in [0.717, 1.165) is 0 Å². The lowest BCUT2D eigenvalue weighted by atomic mass is 10.1. The molecule has 0 aliphatic carbocycles. The fraction of sp³-hybridized carbons (Fsp3) is 0.0714. The summed E-state index contributed by atoms with van der Waals surface area (Å²) in [6.07, 6.45) is 0. The van der Waals surface area contributed by atoms with Crippen molar-refractivity contribution in [2.24, 2.45) is 0 Å². The van der Waals surface area contributed by atoms with Crippen LogP contribution in [-0.4, -0.2) is 13.3 Å². The molecule has 21 heavy (non-hydrogen) atoms. The standard InChI is InChI=1S/C14H10N2O4S/c15-10-14(11-6-8-12(9-7-11)16(17)18)21(19,20)13-4-2-1-3-5-13/h1-9,14H. The molecule has 2 aromatic carbocycles. The molecule has 0 saturated heterocycles. The van der Waals surface area contributed by atoms with Gasteiger partial charge in [-0.3, -0.25) is 10.1 Å². The van der Waals surface area contributed by atoms with Crippen LogP contribution in [0.2, 0.25) is 0 Å². The number of non-ortho nitro benzene ring substituents is 1. The Labute approximate surface area is 121 Å². The van der Waals surface area contributed by atoms with Crippen LogP contribution >= 0.6 is 0 Å². The Balaban J connectivity index is 2.45. The van der Waals surface area contributed by atoms with Crippen LogP contribution in [0.3, 0.4) is 0 Å². The van der Waals surface area contributed by atoms with Gasteiger partial charge in [-0.2, -0.15) is 5.26 Å². The van der Waals surface area contributed by atoms with Gasteiger partial charge in [0.25, 0.3) is 5.69 Å². The third kappa shape index (κ3) is 2.90. The van der Waals surface area contributed by atoms with E-state index in [1.807, 2.05) is 0 Å². The van der Waals surface area contributed by atoms with Crippen molar-refractivity contribution in [3.63, 3.8) is 0 Å². The van der Waals surface area contributed by atoms with Crippen LogP contribution in [0.25, 0.3) is 0 Å². The van der Waals surface area contributed by atoms with Crippen molar-refractivity contribution >= 4 is 15.5 Å². The lowest BCUT2D eigenvalue weighted by molar-refractivity contribution is -0.384. The second-order valence-corrected chi connectivity index (χ2v) is 6.25. The van der Waals surface area contributed by atoms with Crippen LogP contribution in [0.4, 0.5) is 5.69 Å². The molecule has 1 unspecified atom stereocenters. The van der Waals surface area contributed by atoms with Gasteiger partial charge in [0, 0.05) is 12.1 Å². The van der Waals surface area contributed by atoms with Crippen molar-refractivity contribution in [2.45, 2.75) is 10.1 Å². The van der Waals surface area contributed by atoms with Gasteiger partial charge in [-0.1, -0.05) is 18.2 Å². The molecule has 1 atom stereocenters. The van der Waals surface area contributed by atoms with Gasteiger partial charge in [-0.05, 0) is 29.8 Å². The van der Waals surface area contributed by atoms with Gasteiger partial charge in [0.05, 0.1) is 15.9 Å². The highest BCUT2D eigenvalue weighted by molar-refractivity contribution is 7.92. The maximum atomic E-state index is 12.4. The van der Waals surface area contributed by atoms with Crippen LogP contribution in [-0.2, 0) is 9.84 Å². The topological polar surface area (TPSA) is 101 Å². The minimum atomic E-state index is -3.87. The van der Waals surface area contributed by atoms with E-state index in [-0.39, 0.29) is 16.1 Å². The third-order valence-electron chi connectivity index (χ3n) is 2.91. The Hall–Kier alpha value is -2.72. The minimum Gasteiger partial charge on any atom is -0.258 e. The first-order chi connectivity index (χ1) is 9.96. The second-order valence-electron chi connectivity index (χ2n) is 4.22. The number of nitro groups is 1. The number of rotatable bonds is 4. The van der Waals surface area contributed by atoms with E-state index in [4.69, 9.17) is 0 Å². The van der Waals surface area contributed by atoms with E-state index < -0.39 is 20.0 Å². The van der Waals surface area contributed by atoms with E-state index in [0.29, 0.717) is 0 Å². The van der Waals surface area contributed by atoms with E-state index in [1.54, 1.807) is 24.3 Å². The van der Waals surface area contributed by atoms with Gasteiger partial charge in [0.2, 0.25) is 0 Å². The average Bonchev–Trinajstić information content (AvgIpc) is 2.49. The van der Waals surface area contributed by atoms with E-state index in [2.05, 4.69) is 0 Å². The summed E-state index contributed by atoms with van der Waals surface area (Å²) in [6.45, 7) is 0. The molecule has 0 aromatic heterocycles. The first-order valence-corrected chi connectivity index (χ1v) is 7.44. The number of nitriles is 1. The number of hydrogen-bond acceptors (Lipinski definition) is 5. The van der Waals surface area contributed by atoms with E-state index >= 15 is 0 Å². The molecular formula is C14H10N2O4S. The zero-order valence-electron chi connectivity index (χ0n) is 10.7. The fourth-order valence-electron chi connectivity index (χ4n) is 1.84. The van der Waals surface area contributed by atoms with Crippen molar-refractivity contribution in [1.82, 2.24) is 0 Å².